The summed E-state index contributed by atoms with van der Waals surface area (Å²) in [7, 11) is 0. The number of nitrogens with one attached hydrogen (secondary N) is 2. The molecule has 0 saturated heterocycles. The Balaban J connectivity index is 1.87. The molecule has 1 aliphatic carbocycles. The number of hydrogen-bond donors (Lipinski definition) is 3. The van der Waals surface area contributed by atoms with Crippen molar-refractivity contribution >= 4 is 28.5 Å². The molecule has 110 valence electrons. The van der Waals surface area contributed by atoms with Crippen molar-refractivity contribution < 1.29 is 14.7 Å². The van der Waals surface area contributed by atoms with E-state index in [4.69, 9.17) is 5.11 Å². The maximum atomic E-state index is 11.8. The molecule has 0 aromatic carbocycles. The van der Waals surface area contributed by atoms with Crippen LogP contribution >= 0.6 is 11.5 Å². The highest BCUT2D eigenvalue weighted by atomic mass is 32.1. The highest BCUT2D eigenvalue weighted by Gasteiger charge is 2.34. The van der Waals surface area contributed by atoms with E-state index in [1.165, 1.54) is 6.20 Å². The van der Waals surface area contributed by atoms with Crippen LogP contribution in [0.4, 0.5) is 9.80 Å². The predicted octanol–water partition coefficient (Wildman–Crippen LogP) is 2.08. The third kappa shape index (κ3) is 4.16. The smallest absolute Gasteiger partial charge is 0.319 e. The zero-order valence-electron chi connectivity index (χ0n) is 11.1. The number of rotatable bonds is 5. The first-order chi connectivity index (χ1) is 9.60. The summed E-state index contributed by atoms with van der Waals surface area (Å²) < 4.78 is 3.65. The Labute approximate surface area is 120 Å². The van der Waals surface area contributed by atoms with Crippen molar-refractivity contribution in [3.05, 3.63) is 6.20 Å². The number of carbonyl (C=O) groups is 2. The van der Waals surface area contributed by atoms with E-state index < -0.39 is 5.97 Å². The number of anilines is 1. The number of hydrogen-bond acceptors (Lipinski definition) is 5. The average Bonchev–Trinajstić information content (AvgIpc) is 2.90. The number of aromatic nitrogens is 2. The molecule has 0 aliphatic heterocycles. The molecule has 0 spiro atoms. The van der Waals surface area contributed by atoms with Crippen LogP contribution in [-0.2, 0) is 4.79 Å². The number of carbonyl (C=O) groups excluding carboxylic acids is 1. The van der Waals surface area contributed by atoms with Gasteiger partial charge in [0, 0.05) is 18.1 Å². The van der Waals surface area contributed by atoms with Crippen molar-refractivity contribution in [1.82, 2.24) is 14.9 Å². The molecular weight excluding hydrogens is 280 g/mol. The lowest BCUT2D eigenvalue weighted by Gasteiger charge is -2.36. The molecule has 0 unspecified atom stereocenters. The van der Waals surface area contributed by atoms with E-state index in [-0.39, 0.29) is 17.9 Å². The van der Waals surface area contributed by atoms with Crippen LogP contribution in [0.3, 0.4) is 0 Å². The molecule has 7 nitrogen and oxygen atoms in total. The van der Waals surface area contributed by atoms with Crippen LogP contribution in [0.1, 0.15) is 38.5 Å². The molecule has 8 heteroatoms. The molecule has 0 bridgehead atoms. The van der Waals surface area contributed by atoms with Gasteiger partial charge in [-0.25, -0.2) is 4.79 Å². The SMILES string of the molecule is O=C(O)CC1(CNC(=O)Nc2cnns2)CCCCC1. The minimum Gasteiger partial charge on any atom is -0.481 e. The van der Waals surface area contributed by atoms with Gasteiger partial charge >= 0.3 is 12.0 Å². The number of aliphatic carboxylic acids is 1. The number of nitrogens with zero attached hydrogens (tertiary/aromatic N) is 2. The Morgan fingerprint density at radius 3 is 2.70 bits per heavy atom. The van der Waals surface area contributed by atoms with Gasteiger partial charge in [0.05, 0.1) is 12.6 Å². The predicted molar refractivity (Wildman–Crippen MR) is 74.7 cm³/mol. The number of amides is 2. The maximum absolute atomic E-state index is 11.8. The first kappa shape index (κ1) is 14.7. The Morgan fingerprint density at radius 1 is 1.35 bits per heavy atom. The molecule has 3 N–H and O–H groups in total. The summed E-state index contributed by atoms with van der Waals surface area (Å²) in [5.41, 5.74) is -0.312. The molecule has 2 rings (SSSR count). The molecule has 1 aliphatic rings. The van der Waals surface area contributed by atoms with E-state index in [1.807, 2.05) is 0 Å². The normalized spacial score (nSPS) is 17.4. The highest BCUT2D eigenvalue weighted by molar-refractivity contribution is 7.10. The van der Waals surface area contributed by atoms with E-state index in [0.717, 1.165) is 43.6 Å². The monoisotopic (exact) mass is 298 g/mol. The van der Waals surface area contributed by atoms with Gasteiger partial charge < -0.3 is 10.4 Å². The van der Waals surface area contributed by atoms with Gasteiger partial charge in [-0.05, 0) is 18.3 Å². The summed E-state index contributed by atoms with van der Waals surface area (Å²) in [5.74, 6) is -0.805. The van der Waals surface area contributed by atoms with E-state index in [2.05, 4.69) is 20.2 Å². The number of carboxylic acids is 1. The summed E-state index contributed by atoms with van der Waals surface area (Å²) in [6, 6.07) is -0.341. The van der Waals surface area contributed by atoms with Crippen molar-refractivity contribution in [1.29, 1.82) is 0 Å². The summed E-state index contributed by atoms with van der Waals surface area (Å²) in [6.45, 7) is 0.386. The zero-order chi connectivity index (χ0) is 14.4. The van der Waals surface area contributed by atoms with Gasteiger partial charge in [0.25, 0.3) is 0 Å². The molecule has 0 radical (unpaired) electrons. The second-order valence-electron chi connectivity index (χ2n) is 5.22. The van der Waals surface area contributed by atoms with E-state index in [9.17, 15) is 9.59 Å². The molecule has 1 aromatic heterocycles. The van der Waals surface area contributed by atoms with Crippen molar-refractivity contribution in [3.63, 3.8) is 0 Å². The minimum absolute atomic E-state index is 0.107. The van der Waals surface area contributed by atoms with Gasteiger partial charge in [0.15, 0.2) is 0 Å². The lowest BCUT2D eigenvalue weighted by atomic mass is 9.72. The molecule has 20 heavy (non-hydrogen) atoms. The Hall–Kier alpha value is -1.70. The summed E-state index contributed by atoms with van der Waals surface area (Å²) in [4.78, 5) is 22.8. The first-order valence-corrected chi connectivity index (χ1v) is 7.41. The molecule has 2 amide bonds. The van der Waals surface area contributed by atoms with Gasteiger partial charge in [-0.15, -0.1) is 5.10 Å². The average molecular weight is 298 g/mol. The van der Waals surface area contributed by atoms with Crippen LogP contribution < -0.4 is 10.6 Å². The molecule has 0 atom stereocenters. The topological polar surface area (TPSA) is 104 Å². The molecule has 1 aromatic rings. The van der Waals surface area contributed by atoms with Crippen LogP contribution in [0.15, 0.2) is 6.20 Å². The largest absolute Gasteiger partial charge is 0.481 e. The Morgan fingerprint density at radius 2 is 2.10 bits per heavy atom. The van der Waals surface area contributed by atoms with Crippen LogP contribution in [0.2, 0.25) is 0 Å². The fourth-order valence-corrected chi connectivity index (χ4v) is 3.10. The fourth-order valence-electron chi connectivity index (χ4n) is 2.68. The maximum Gasteiger partial charge on any atom is 0.319 e. The van der Waals surface area contributed by atoms with Crippen molar-refractivity contribution in [2.24, 2.45) is 5.41 Å². The summed E-state index contributed by atoms with van der Waals surface area (Å²) >= 11 is 1.10. The lowest BCUT2D eigenvalue weighted by Crippen LogP contribution is -2.41. The molecule has 1 heterocycles. The van der Waals surface area contributed by atoms with Crippen LogP contribution in [-0.4, -0.2) is 33.2 Å². The standard InChI is InChI=1S/C12H18N4O3S/c17-10(18)6-12(4-2-1-3-5-12)8-13-11(19)15-9-7-14-16-20-9/h7H,1-6,8H2,(H,17,18)(H2,13,15,19). The lowest BCUT2D eigenvalue weighted by molar-refractivity contribution is -0.140. The second kappa shape index (κ2) is 6.65. The second-order valence-corrected chi connectivity index (χ2v) is 6.01. The van der Waals surface area contributed by atoms with Gasteiger partial charge in [0.1, 0.15) is 5.00 Å². The fraction of sp³-hybridized carbons (Fsp3) is 0.667. The Bertz CT molecular complexity index is 457. The zero-order valence-corrected chi connectivity index (χ0v) is 11.9. The Kier molecular flexibility index (Phi) is 4.89. The highest BCUT2D eigenvalue weighted by Crippen LogP contribution is 2.38. The summed E-state index contributed by atoms with van der Waals surface area (Å²) in [6.07, 6.45) is 6.46. The molecule has 1 fully saturated rings. The molecule has 1 saturated carbocycles. The van der Waals surface area contributed by atoms with Gasteiger partial charge in [-0.1, -0.05) is 23.8 Å². The van der Waals surface area contributed by atoms with E-state index >= 15 is 0 Å². The van der Waals surface area contributed by atoms with Gasteiger partial charge in [-0.2, -0.15) is 0 Å². The number of carboxylic acid groups (broad SMARTS) is 1. The van der Waals surface area contributed by atoms with Crippen LogP contribution in [0, 0.1) is 5.41 Å². The van der Waals surface area contributed by atoms with E-state index in [1.54, 1.807) is 0 Å². The van der Waals surface area contributed by atoms with Crippen LogP contribution in [0.5, 0.6) is 0 Å². The van der Waals surface area contributed by atoms with E-state index in [0.29, 0.717) is 11.5 Å². The quantitative estimate of drug-likeness (QED) is 0.772. The van der Waals surface area contributed by atoms with Crippen LogP contribution in [0.25, 0.3) is 0 Å². The van der Waals surface area contributed by atoms with Crippen molar-refractivity contribution in [2.45, 2.75) is 38.5 Å². The number of urea groups is 1. The summed E-state index contributed by atoms with van der Waals surface area (Å²) in [5, 5.41) is 18.7. The van der Waals surface area contributed by atoms with Gasteiger partial charge in [-0.3, -0.25) is 10.1 Å². The molecular formula is C12H18N4O3S. The first-order valence-electron chi connectivity index (χ1n) is 6.64. The van der Waals surface area contributed by atoms with Crippen molar-refractivity contribution in [3.8, 4) is 0 Å². The van der Waals surface area contributed by atoms with Crippen molar-refractivity contribution in [2.75, 3.05) is 11.9 Å². The third-order valence-corrected chi connectivity index (χ3v) is 4.24. The van der Waals surface area contributed by atoms with Gasteiger partial charge in [0.2, 0.25) is 0 Å². The third-order valence-electron chi connectivity index (χ3n) is 3.66. The minimum atomic E-state index is -0.805.